The highest BCUT2D eigenvalue weighted by molar-refractivity contribution is 7.47. The van der Waals surface area contributed by atoms with Crippen molar-refractivity contribution in [1.29, 1.82) is 0 Å². The molecule has 0 aliphatic heterocycles. The van der Waals surface area contributed by atoms with Crippen LogP contribution in [0, 0.1) is 5.92 Å². The predicted octanol–water partition coefficient (Wildman–Crippen LogP) is 10.2. The molecule has 0 radical (unpaired) electrons. The van der Waals surface area contributed by atoms with Gasteiger partial charge in [-0.1, -0.05) is 146 Å². The van der Waals surface area contributed by atoms with Crippen LogP contribution in [0.4, 0.5) is 0 Å². The van der Waals surface area contributed by atoms with E-state index in [1.54, 1.807) is 0 Å². The van der Waals surface area contributed by atoms with Crippen molar-refractivity contribution in [3.63, 3.8) is 0 Å². The van der Waals surface area contributed by atoms with Crippen molar-refractivity contribution >= 4 is 19.8 Å². The highest BCUT2D eigenvalue weighted by atomic mass is 31.2. The lowest BCUT2D eigenvalue weighted by Gasteiger charge is -2.20. The molecule has 0 aromatic carbocycles. The van der Waals surface area contributed by atoms with Crippen molar-refractivity contribution < 1.29 is 52.9 Å². The average molecular weight is 815 g/mol. The molecule has 56 heavy (non-hydrogen) atoms. The molecule has 11 nitrogen and oxygen atoms in total. The molecule has 0 amide bonds. The first kappa shape index (κ1) is 53.9. The number of carbonyl (C=O) groups excluding carboxylic acids is 2. The number of esters is 2. The van der Waals surface area contributed by atoms with Crippen LogP contribution in [0.5, 0.6) is 0 Å². The molecule has 4 N–H and O–H groups in total. The number of unbranched alkanes of at least 4 members (excludes halogenated alkanes) is 12. The second kappa shape index (κ2) is 38.4. The van der Waals surface area contributed by atoms with Crippen molar-refractivity contribution in [2.24, 2.45) is 5.92 Å². The molecule has 0 aromatic heterocycles. The summed E-state index contributed by atoms with van der Waals surface area (Å²) in [6.07, 6.45) is 36.0. The highest BCUT2D eigenvalue weighted by Gasteiger charge is 2.27. The first-order chi connectivity index (χ1) is 27.0. The van der Waals surface area contributed by atoms with Crippen LogP contribution in [0.1, 0.15) is 168 Å². The first-order valence-corrected chi connectivity index (χ1v) is 23.0. The Kier molecular flexibility index (Phi) is 37.0. The van der Waals surface area contributed by atoms with Crippen molar-refractivity contribution in [2.45, 2.75) is 187 Å². The van der Waals surface area contributed by atoms with Crippen LogP contribution in [0.25, 0.3) is 0 Å². The van der Waals surface area contributed by atoms with Gasteiger partial charge in [0, 0.05) is 12.8 Å². The molecule has 0 heterocycles. The van der Waals surface area contributed by atoms with Gasteiger partial charge in [0.05, 0.1) is 25.9 Å². The van der Waals surface area contributed by atoms with Crippen molar-refractivity contribution in [3.8, 4) is 0 Å². The minimum Gasteiger partial charge on any atom is -0.462 e. The molecule has 0 spiro atoms. The Bertz CT molecular complexity index is 1100. The summed E-state index contributed by atoms with van der Waals surface area (Å²) in [5, 5.41) is 27.9. The monoisotopic (exact) mass is 815 g/mol. The van der Waals surface area contributed by atoms with E-state index in [4.69, 9.17) is 19.1 Å². The number of phosphoric acid groups is 1. The fraction of sp³-hybridized carbons (Fsp3) is 0.773. The average Bonchev–Trinajstić information content (AvgIpc) is 3.17. The molecule has 0 bridgehead atoms. The summed E-state index contributed by atoms with van der Waals surface area (Å²) in [5.41, 5.74) is 0. The van der Waals surface area contributed by atoms with Crippen molar-refractivity contribution in [1.82, 2.24) is 0 Å². The van der Waals surface area contributed by atoms with Crippen molar-refractivity contribution in [3.05, 3.63) is 48.6 Å². The van der Waals surface area contributed by atoms with Gasteiger partial charge in [-0.2, -0.15) is 0 Å². The lowest BCUT2D eigenvalue weighted by molar-refractivity contribution is -0.161. The predicted molar refractivity (Wildman–Crippen MR) is 225 cm³/mol. The van der Waals surface area contributed by atoms with E-state index in [1.807, 2.05) is 19.1 Å². The highest BCUT2D eigenvalue weighted by Crippen LogP contribution is 2.43. The van der Waals surface area contributed by atoms with Gasteiger partial charge < -0.3 is 29.7 Å². The molecular weight excluding hydrogens is 735 g/mol. The van der Waals surface area contributed by atoms with Crippen LogP contribution in [0.15, 0.2) is 48.6 Å². The molecule has 0 saturated heterocycles. The maximum Gasteiger partial charge on any atom is 0.472 e. The number of phosphoric ester groups is 1. The molecular formula is C44H79O11P. The molecule has 0 rings (SSSR count). The largest absolute Gasteiger partial charge is 0.472 e. The maximum atomic E-state index is 12.6. The zero-order valence-electron chi connectivity index (χ0n) is 35.1. The minimum absolute atomic E-state index is 0.0947. The van der Waals surface area contributed by atoms with Gasteiger partial charge >= 0.3 is 19.8 Å². The van der Waals surface area contributed by atoms with E-state index in [0.717, 1.165) is 63.7 Å². The smallest absolute Gasteiger partial charge is 0.462 e. The number of hydrogen-bond acceptors (Lipinski definition) is 10. The minimum atomic E-state index is -4.64. The summed E-state index contributed by atoms with van der Waals surface area (Å²) in [4.78, 5) is 34.9. The Morgan fingerprint density at radius 1 is 0.589 bits per heavy atom. The lowest BCUT2D eigenvalue weighted by Crippen LogP contribution is -2.29. The number of aliphatic hydroxyl groups is 3. The summed E-state index contributed by atoms with van der Waals surface area (Å²) in [6.45, 7) is 4.35. The van der Waals surface area contributed by atoms with Crippen LogP contribution in [-0.2, 0) is 32.7 Å². The van der Waals surface area contributed by atoms with Gasteiger partial charge in [0.2, 0.25) is 0 Å². The third kappa shape index (κ3) is 38.7. The van der Waals surface area contributed by atoms with Crippen molar-refractivity contribution in [2.75, 3.05) is 26.4 Å². The Balaban J connectivity index is 4.41. The van der Waals surface area contributed by atoms with Gasteiger partial charge in [-0.15, -0.1) is 0 Å². The number of hydrogen-bond donors (Lipinski definition) is 4. The molecule has 1 unspecified atom stereocenters. The van der Waals surface area contributed by atoms with E-state index < -0.39 is 51.8 Å². The van der Waals surface area contributed by atoms with E-state index >= 15 is 0 Å². The molecule has 0 aromatic rings. The molecule has 12 heteroatoms. The third-order valence-electron chi connectivity index (χ3n) is 9.08. The number of allylic oxidation sites excluding steroid dienone is 8. The van der Waals surface area contributed by atoms with Crippen LogP contribution < -0.4 is 0 Å². The van der Waals surface area contributed by atoms with Gasteiger partial charge in [-0.3, -0.25) is 18.6 Å². The SMILES string of the molecule is CC[C@@H](O)CC/C=C\C/C=C\C/C=C\C/C=C\CCCC(=O)O[C@H](COC(=O)CCCCCCCCCCCCCCC(C)C)COP(=O)(O)OC[C@@H](O)CO. The van der Waals surface area contributed by atoms with Gasteiger partial charge in [0.15, 0.2) is 6.10 Å². The first-order valence-electron chi connectivity index (χ1n) is 21.5. The van der Waals surface area contributed by atoms with E-state index in [2.05, 4.69) is 54.8 Å². The van der Waals surface area contributed by atoms with Crippen LogP contribution in [-0.4, -0.2) is 76.9 Å². The summed E-state index contributed by atoms with van der Waals surface area (Å²) in [6, 6.07) is 0. The topological polar surface area (TPSA) is 169 Å². The molecule has 4 atom stereocenters. The quantitative estimate of drug-likeness (QED) is 0.0202. The molecule has 0 saturated carbocycles. The molecule has 326 valence electrons. The third-order valence-corrected chi connectivity index (χ3v) is 10.0. The fourth-order valence-electron chi connectivity index (χ4n) is 5.56. The lowest BCUT2D eigenvalue weighted by atomic mass is 10.0. The molecule has 0 aliphatic carbocycles. The normalized spacial score (nSPS) is 15.0. The maximum absolute atomic E-state index is 12.6. The van der Waals surface area contributed by atoms with Gasteiger partial charge in [0.1, 0.15) is 12.7 Å². The summed E-state index contributed by atoms with van der Waals surface area (Å²) >= 11 is 0. The number of ether oxygens (including phenoxy) is 2. The van der Waals surface area contributed by atoms with Crippen LogP contribution in [0.3, 0.4) is 0 Å². The van der Waals surface area contributed by atoms with Gasteiger partial charge in [-0.25, -0.2) is 4.57 Å². The van der Waals surface area contributed by atoms with E-state index in [1.165, 1.54) is 57.8 Å². The van der Waals surface area contributed by atoms with E-state index in [-0.39, 0.29) is 25.6 Å². The van der Waals surface area contributed by atoms with Crippen LogP contribution in [0.2, 0.25) is 0 Å². The Labute approximate surface area is 339 Å². The number of aliphatic hydroxyl groups excluding tert-OH is 3. The van der Waals surface area contributed by atoms with Crippen LogP contribution >= 0.6 is 7.82 Å². The molecule has 0 aliphatic rings. The van der Waals surface area contributed by atoms with E-state index in [9.17, 15) is 29.3 Å². The van der Waals surface area contributed by atoms with E-state index in [0.29, 0.717) is 19.3 Å². The summed E-state index contributed by atoms with van der Waals surface area (Å²) < 4.78 is 32.6. The standard InChI is InChI=1S/C44H79O11P/c1-4-40(46)32-28-24-20-16-12-7-5-6-8-14-18-22-26-30-34-44(49)55-42(38-54-56(50,51)53-36-41(47)35-45)37-52-43(48)33-29-25-21-17-13-10-9-11-15-19-23-27-31-39(2)3/h6-8,12,18,20,22,24,39-42,45-47H,4-5,9-11,13-17,19,21,23,25-38H2,1-3H3,(H,50,51)/b8-6-,12-7-,22-18-,24-20-/t40-,41+,42-/m1/s1. The van der Waals surface area contributed by atoms with Gasteiger partial charge in [-0.05, 0) is 63.7 Å². The zero-order chi connectivity index (χ0) is 41.5. The Hall–Kier alpha value is -2.11. The second-order valence-electron chi connectivity index (χ2n) is 15.0. The molecule has 0 fully saturated rings. The fourth-order valence-corrected chi connectivity index (χ4v) is 6.35. The summed E-state index contributed by atoms with van der Waals surface area (Å²) in [5.74, 6) is -0.205. The number of carbonyl (C=O) groups is 2. The second-order valence-corrected chi connectivity index (χ2v) is 16.4. The Morgan fingerprint density at radius 3 is 1.61 bits per heavy atom. The number of rotatable bonds is 39. The Morgan fingerprint density at radius 2 is 1.07 bits per heavy atom. The van der Waals surface area contributed by atoms with Gasteiger partial charge in [0.25, 0.3) is 0 Å². The zero-order valence-corrected chi connectivity index (χ0v) is 36.0. The summed E-state index contributed by atoms with van der Waals surface area (Å²) in [7, 11) is -4.64.